The highest BCUT2D eigenvalue weighted by atomic mass is 16.7. The molecule has 0 saturated carbocycles. The van der Waals surface area contributed by atoms with Crippen LogP contribution >= 0.6 is 0 Å². The van der Waals surface area contributed by atoms with Crippen molar-refractivity contribution in [2.75, 3.05) is 40.5 Å². The van der Waals surface area contributed by atoms with Crippen LogP contribution in [-0.2, 0) is 19.5 Å². The summed E-state index contributed by atoms with van der Waals surface area (Å²) in [4.78, 5) is 24.5. The molecule has 0 spiro atoms. The molecule has 0 fully saturated rings. The highest BCUT2D eigenvalue weighted by molar-refractivity contribution is 5.91. The molecule has 2 aromatic carbocycles. The minimum Gasteiger partial charge on any atom is -0.454 e. The fourth-order valence-electron chi connectivity index (χ4n) is 4.29. The number of aromatic nitrogens is 2. The molecule has 5 rings (SSSR count). The molecule has 9 nitrogen and oxygen atoms in total. The molecule has 36 heavy (non-hydrogen) atoms. The lowest BCUT2D eigenvalue weighted by atomic mass is 10.1. The van der Waals surface area contributed by atoms with E-state index in [-0.39, 0.29) is 12.7 Å². The van der Waals surface area contributed by atoms with Crippen LogP contribution in [0.5, 0.6) is 11.5 Å². The van der Waals surface area contributed by atoms with E-state index in [2.05, 4.69) is 44.6 Å². The zero-order chi connectivity index (χ0) is 24.9. The summed E-state index contributed by atoms with van der Waals surface area (Å²) >= 11 is 0. The van der Waals surface area contributed by atoms with Crippen molar-refractivity contribution in [1.82, 2.24) is 25.1 Å². The van der Waals surface area contributed by atoms with Crippen LogP contribution in [0.2, 0.25) is 0 Å². The number of carbonyl (C=O) groups excluding carboxylic acids is 1. The lowest BCUT2D eigenvalue weighted by Crippen LogP contribution is -2.31. The molecular weight excluding hydrogens is 458 g/mol. The zero-order valence-corrected chi connectivity index (χ0v) is 20.6. The summed E-state index contributed by atoms with van der Waals surface area (Å²) in [6.07, 6.45) is 4.36. The standard InChI is InChI=1S/C27H31N5O4/c1-31(2)12-10-28-27(33)23-17-34-26(30-23)16-32(15-19-7-8-24-25(13-19)36-18-35-24)11-9-20-14-29-22-6-4-3-5-21(20)22/h3-8,13-14,17,29H,9-12,15-16,18H2,1-2H3,(H,28,33). The molecule has 3 heterocycles. The van der Waals surface area contributed by atoms with E-state index in [4.69, 9.17) is 13.9 Å². The van der Waals surface area contributed by atoms with E-state index in [1.54, 1.807) is 0 Å². The number of carbonyl (C=O) groups is 1. The number of fused-ring (bicyclic) bond motifs is 2. The van der Waals surface area contributed by atoms with Crippen LogP contribution in [0.25, 0.3) is 10.9 Å². The Morgan fingerprint density at radius 3 is 2.83 bits per heavy atom. The molecule has 1 aliphatic rings. The van der Waals surface area contributed by atoms with Gasteiger partial charge in [-0.25, -0.2) is 4.98 Å². The van der Waals surface area contributed by atoms with Crippen LogP contribution in [0.4, 0.5) is 0 Å². The summed E-state index contributed by atoms with van der Waals surface area (Å²) in [5.41, 5.74) is 3.79. The van der Waals surface area contributed by atoms with E-state index >= 15 is 0 Å². The third-order valence-electron chi connectivity index (χ3n) is 6.20. The lowest BCUT2D eigenvalue weighted by molar-refractivity contribution is 0.0946. The number of hydrogen-bond acceptors (Lipinski definition) is 7. The van der Waals surface area contributed by atoms with Crippen molar-refractivity contribution >= 4 is 16.8 Å². The maximum absolute atomic E-state index is 12.4. The van der Waals surface area contributed by atoms with Crippen molar-refractivity contribution in [2.24, 2.45) is 0 Å². The minimum absolute atomic E-state index is 0.229. The SMILES string of the molecule is CN(C)CCNC(=O)c1coc(CN(CCc2c[nH]c3ccccc23)Cc2ccc3c(c2)OCO3)n1. The predicted molar refractivity (Wildman–Crippen MR) is 136 cm³/mol. The van der Waals surface area contributed by atoms with Crippen molar-refractivity contribution in [3.05, 3.63) is 77.6 Å². The van der Waals surface area contributed by atoms with Gasteiger partial charge in [-0.2, -0.15) is 0 Å². The van der Waals surface area contributed by atoms with Gasteiger partial charge in [0.2, 0.25) is 12.7 Å². The molecule has 1 amide bonds. The Bertz CT molecular complexity index is 1330. The number of oxazole rings is 1. The maximum atomic E-state index is 12.4. The number of hydrogen-bond donors (Lipinski definition) is 2. The van der Waals surface area contributed by atoms with Crippen LogP contribution in [0.3, 0.4) is 0 Å². The number of rotatable bonds is 11. The number of nitrogens with one attached hydrogen (secondary N) is 2. The molecule has 0 bridgehead atoms. The number of likely N-dealkylation sites (N-methyl/N-ethyl adjacent to an activating group) is 1. The third-order valence-corrected chi connectivity index (χ3v) is 6.20. The first kappa shape index (κ1) is 23.9. The second-order valence-electron chi connectivity index (χ2n) is 9.19. The fourth-order valence-corrected chi connectivity index (χ4v) is 4.29. The number of ether oxygens (including phenoxy) is 2. The molecule has 0 saturated heterocycles. The van der Waals surface area contributed by atoms with Crippen LogP contribution in [0, 0.1) is 0 Å². The summed E-state index contributed by atoms with van der Waals surface area (Å²) in [6, 6.07) is 14.3. The van der Waals surface area contributed by atoms with Crippen molar-refractivity contribution in [3.63, 3.8) is 0 Å². The van der Waals surface area contributed by atoms with Crippen LogP contribution in [0.1, 0.15) is 27.5 Å². The van der Waals surface area contributed by atoms with Crippen LogP contribution < -0.4 is 14.8 Å². The van der Waals surface area contributed by atoms with Crippen molar-refractivity contribution in [1.29, 1.82) is 0 Å². The van der Waals surface area contributed by atoms with E-state index in [0.29, 0.717) is 31.2 Å². The summed E-state index contributed by atoms with van der Waals surface area (Å²) in [7, 11) is 3.93. The highest BCUT2D eigenvalue weighted by Gasteiger charge is 2.18. The number of aromatic amines is 1. The Balaban J connectivity index is 1.29. The number of nitrogens with zero attached hydrogens (tertiary/aromatic N) is 3. The first-order chi connectivity index (χ1) is 17.5. The second-order valence-corrected chi connectivity index (χ2v) is 9.19. The average Bonchev–Trinajstić information content (AvgIpc) is 3.62. The van der Waals surface area contributed by atoms with Crippen molar-refractivity contribution < 1.29 is 18.7 Å². The normalized spacial score (nSPS) is 12.7. The molecule has 1 aliphatic heterocycles. The molecule has 0 radical (unpaired) electrons. The second kappa shape index (κ2) is 10.8. The summed E-state index contributed by atoms with van der Waals surface area (Å²) < 4.78 is 16.7. The van der Waals surface area contributed by atoms with Crippen molar-refractivity contribution in [2.45, 2.75) is 19.5 Å². The molecule has 0 unspecified atom stereocenters. The minimum atomic E-state index is -0.229. The summed E-state index contributed by atoms with van der Waals surface area (Å²) in [5, 5.41) is 4.11. The van der Waals surface area contributed by atoms with Gasteiger partial charge in [0.25, 0.3) is 5.91 Å². The Hall–Kier alpha value is -3.82. The molecule has 2 N–H and O–H groups in total. The Kier molecular flexibility index (Phi) is 7.20. The lowest BCUT2D eigenvalue weighted by Gasteiger charge is -2.21. The van der Waals surface area contributed by atoms with Gasteiger partial charge in [0.05, 0.1) is 6.54 Å². The van der Waals surface area contributed by atoms with Gasteiger partial charge in [0.1, 0.15) is 6.26 Å². The Morgan fingerprint density at radius 2 is 1.94 bits per heavy atom. The molecule has 0 atom stereocenters. The highest BCUT2D eigenvalue weighted by Crippen LogP contribution is 2.33. The number of H-pyrrole nitrogens is 1. The number of benzene rings is 2. The van der Waals surface area contributed by atoms with Gasteiger partial charge in [-0.3, -0.25) is 9.69 Å². The molecule has 2 aromatic heterocycles. The van der Waals surface area contributed by atoms with E-state index < -0.39 is 0 Å². The average molecular weight is 490 g/mol. The molecule has 188 valence electrons. The summed E-state index contributed by atoms with van der Waals surface area (Å²) in [6.45, 7) is 3.48. The Labute approximate surface area is 210 Å². The monoisotopic (exact) mass is 489 g/mol. The first-order valence-corrected chi connectivity index (χ1v) is 12.1. The van der Waals surface area contributed by atoms with Crippen molar-refractivity contribution in [3.8, 4) is 11.5 Å². The van der Waals surface area contributed by atoms with Gasteiger partial charge < -0.3 is 29.1 Å². The topological polar surface area (TPSA) is 95.9 Å². The van der Waals surface area contributed by atoms with Gasteiger partial charge in [0.15, 0.2) is 17.2 Å². The molecule has 0 aliphatic carbocycles. The van der Waals surface area contributed by atoms with Gasteiger partial charge >= 0.3 is 0 Å². The van der Waals surface area contributed by atoms with Gasteiger partial charge in [-0.05, 0) is 49.8 Å². The molecule has 4 aromatic rings. The van der Waals surface area contributed by atoms with E-state index in [1.165, 1.54) is 17.2 Å². The fraction of sp³-hybridized carbons (Fsp3) is 0.333. The number of amides is 1. The van der Waals surface area contributed by atoms with Gasteiger partial charge in [-0.15, -0.1) is 0 Å². The maximum Gasteiger partial charge on any atom is 0.273 e. The van der Waals surface area contributed by atoms with Gasteiger partial charge in [0, 0.05) is 43.3 Å². The number of para-hydroxylation sites is 1. The first-order valence-electron chi connectivity index (χ1n) is 12.1. The smallest absolute Gasteiger partial charge is 0.273 e. The third kappa shape index (κ3) is 5.69. The Morgan fingerprint density at radius 1 is 1.08 bits per heavy atom. The van der Waals surface area contributed by atoms with Crippen LogP contribution in [-0.4, -0.2) is 66.2 Å². The predicted octanol–water partition coefficient (Wildman–Crippen LogP) is 3.42. The largest absolute Gasteiger partial charge is 0.454 e. The quantitative estimate of drug-likeness (QED) is 0.333. The summed E-state index contributed by atoms with van der Waals surface area (Å²) in [5.74, 6) is 1.80. The molecule has 9 heteroatoms. The van der Waals surface area contributed by atoms with E-state index in [9.17, 15) is 4.79 Å². The molecular formula is C27H31N5O4. The van der Waals surface area contributed by atoms with Gasteiger partial charge in [-0.1, -0.05) is 24.3 Å². The van der Waals surface area contributed by atoms with E-state index in [1.807, 2.05) is 43.3 Å². The zero-order valence-electron chi connectivity index (χ0n) is 20.6. The van der Waals surface area contributed by atoms with E-state index in [0.717, 1.165) is 42.1 Å². The van der Waals surface area contributed by atoms with Crippen LogP contribution in [0.15, 0.2) is 59.3 Å².